The van der Waals surface area contributed by atoms with Crippen LogP contribution in [0.4, 0.5) is 14.9 Å². The molecule has 12 nitrogen and oxygen atoms in total. The van der Waals surface area contributed by atoms with Gasteiger partial charge in [0, 0.05) is 19.8 Å². The number of ether oxygens (including phenoxy) is 1. The van der Waals surface area contributed by atoms with E-state index in [0.717, 1.165) is 12.6 Å². The SMILES string of the molecule is CCCc1ccc(NC(=O)C(CC/C=C/C(=O)N(C)C)NC(=O)OC)c(=O)n1Cc1nc2c(F)cnc(CC(C)C)c2[nH]1. The molecule has 3 N–H and O–H groups in total. The Morgan fingerprint density at radius 3 is 2.63 bits per heavy atom. The highest BCUT2D eigenvalue weighted by Gasteiger charge is 2.23. The van der Waals surface area contributed by atoms with Crippen molar-refractivity contribution in [3.63, 3.8) is 0 Å². The van der Waals surface area contributed by atoms with Crippen LogP contribution in [0.1, 0.15) is 57.2 Å². The molecule has 3 amide bonds. The fourth-order valence-electron chi connectivity index (χ4n) is 4.48. The number of nitrogens with one attached hydrogen (secondary N) is 3. The topological polar surface area (TPSA) is 151 Å². The predicted octanol–water partition coefficient (Wildman–Crippen LogP) is 3.55. The van der Waals surface area contributed by atoms with Crippen LogP contribution in [-0.2, 0) is 33.7 Å². The second-order valence-electron chi connectivity index (χ2n) is 10.8. The number of carbonyl (C=O) groups is 3. The van der Waals surface area contributed by atoms with E-state index in [0.29, 0.717) is 47.9 Å². The molecule has 3 rings (SSSR count). The molecule has 232 valence electrons. The lowest BCUT2D eigenvalue weighted by molar-refractivity contribution is -0.123. The van der Waals surface area contributed by atoms with Crippen molar-refractivity contribution in [3.05, 3.63) is 63.9 Å². The zero-order valence-electron chi connectivity index (χ0n) is 25.5. The molecule has 1 unspecified atom stereocenters. The van der Waals surface area contributed by atoms with Crippen molar-refractivity contribution in [1.82, 2.24) is 29.7 Å². The van der Waals surface area contributed by atoms with E-state index in [1.165, 1.54) is 28.7 Å². The van der Waals surface area contributed by atoms with Crippen LogP contribution in [0.5, 0.6) is 0 Å². The second kappa shape index (κ2) is 15.1. The van der Waals surface area contributed by atoms with Crippen molar-refractivity contribution in [2.45, 2.75) is 65.5 Å². The number of methoxy groups -OCH3 is 1. The number of H-pyrrole nitrogens is 1. The monoisotopic (exact) mass is 597 g/mol. The Labute approximate surface area is 249 Å². The van der Waals surface area contributed by atoms with Crippen LogP contribution < -0.4 is 16.2 Å². The molecule has 0 fully saturated rings. The number of carbonyl (C=O) groups excluding carboxylic acids is 3. The summed E-state index contributed by atoms with van der Waals surface area (Å²) in [5.41, 5.74) is 1.59. The molecule has 0 aromatic carbocycles. The first kappa shape index (κ1) is 33.0. The zero-order chi connectivity index (χ0) is 31.7. The van der Waals surface area contributed by atoms with Gasteiger partial charge in [0.1, 0.15) is 23.1 Å². The lowest BCUT2D eigenvalue weighted by atomic mass is 10.1. The maximum atomic E-state index is 14.6. The number of nitrogens with zero attached hydrogens (tertiary/aromatic N) is 4. The molecule has 3 aromatic rings. The van der Waals surface area contributed by atoms with Crippen LogP contribution in [0.15, 0.2) is 35.3 Å². The first-order chi connectivity index (χ1) is 20.4. The quantitative estimate of drug-likeness (QED) is 0.255. The largest absolute Gasteiger partial charge is 0.453 e. The number of fused-ring (bicyclic) bond motifs is 1. The summed E-state index contributed by atoms with van der Waals surface area (Å²) in [6.45, 7) is 6.08. The third-order valence-corrected chi connectivity index (χ3v) is 6.66. The molecule has 0 bridgehead atoms. The molecule has 0 aliphatic heterocycles. The van der Waals surface area contributed by atoms with Gasteiger partial charge in [-0.05, 0) is 49.8 Å². The molecular weight excluding hydrogens is 557 g/mol. The highest BCUT2D eigenvalue weighted by molar-refractivity contribution is 5.96. The molecule has 0 aliphatic carbocycles. The third-order valence-electron chi connectivity index (χ3n) is 6.66. The Balaban J connectivity index is 1.90. The lowest BCUT2D eigenvalue weighted by Crippen LogP contribution is -2.44. The summed E-state index contributed by atoms with van der Waals surface area (Å²) < 4.78 is 20.7. The molecule has 13 heteroatoms. The number of likely N-dealkylation sites (N-methyl/N-ethyl adjacent to an activating group) is 1. The Morgan fingerprint density at radius 2 is 1.98 bits per heavy atom. The number of imidazole rings is 1. The molecule has 0 saturated heterocycles. The highest BCUT2D eigenvalue weighted by atomic mass is 19.1. The molecule has 43 heavy (non-hydrogen) atoms. The third kappa shape index (κ3) is 8.72. The van der Waals surface area contributed by atoms with Crippen LogP contribution in [0.2, 0.25) is 0 Å². The van der Waals surface area contributed by atoms with Crippen molar-refractivity contribution in [2.24, 2.45) is 5.92 Å². The predicted molar refractivity (Wildman–Crippen MR) is 161 cm³/mol. The molecule has 0 saturated carbocycles. The number of halogens is 1. The van der Waals surface area contributed by atoms with Crippen molar-refractivity contribution in [2.75, 3.05) is 26.5 Å². The van der Waals surface area contributed by atoms with E-state index < -0.39 is 29.4 Å². The Morgan fingerprint density at radius 1 is 1.23 bits per heavy atom. The van der Waals surface area contributed by atoms with E-state index in [1.54, 1.807) is 26.2 Å². The number of aryl methyl sites for hydroxylation is 1. The summed E-state index contributed by atoms with van der Waals surface area (Å²) in [5.74, 6) is -0.730. The number of aromatic nitrogens is 4. The maximum absolute atomic E-state index is 14.6. The number of alkyl carbamates (subject to hydrolysis) is 1. The van der Waals surface area contributed by atoms with Gasteiger partial charge in [0.05, 0.1) is 31.1 Å². The summed E-state index contributed by atoms with van der Waals surface area (Å²) in [7, 11) is 4.42. The van der Waals surface area contributed by atoms with Crippen LogP contribution in [0, 0.1) is 11.7 Å². The van der Waals surface area contributed by atoms with Gasteiger partial charge < -0.3 is 29.8 Å². The minimum atomic E-state index is -1.04. The molecule has 3 heterocycles. The number of aromatic amines is 1. The van der Waals surface area contributed by atoms with E-state index in [1.807, 2.05) is 20.8 Å². The Hall–Kier alpha value is -4.55. The standard InChI is InChI=1S/C30H40FN7O5/c1-7-10-19-13-14-22(33-28(40)21(34-30(42)43-6)11-8-9-12-25(39)37(4)5)29(41)38(19)17-24-35-26-20(31)16-32-23(15-18(2)3)27(26)36-24/h9,12-14,16,18,21H,7-8,10-11,15,17H2,1-6H3,(H,33,40)(H,34,42)(H,35,36)/b12-9+. The molecule has 0 aliphatic rings. The van der Waals surface area contributed by atoms with Crippen molar-refractivity contribution >= 4 is 34.6 Å². The highest BCUT2D eigenvalue weighted by Crippen LogP contribution is 2.21. The van der Waals surface area contributed by atoms with Crippen molar-refractivity contribution in [1.29, 1.82) is 0 Å². The van der Waals surface area contributed by atoms with Crippen LogP contribution in [-0.4, -0.2) is 69.6 Å². The summed E-state index contributed by atoms with van der Waals surface area (Å²) in [6.07, 6.45) is 5.76. The van der Waals surface area contributed by atoms with Gasteiger partial charge in [-0.3, -0.25) is 19.4 Å². The van der Waals surface area contributed by atoms with Gasteiger partial charge in [0.15, 0.2) is 5.82 Å². The van der Waals surface area contributed by atoms with E-state index in [-0.39, 0.29) is 30.1 Å². The van der Waals surface area contributed by atoms with E-state index in [2.05, 4.69) is 30.3 Å². The van der Waals surface area contributed by atoms with Crippen LogP contribution in [0.25, 0.3) is 11.0 Å². The van der Waals surface area contributed by atoms with Crippen molar-refractivity contribution in [3.8, 4) is 0 Å². The van der Waals surface area contributed by atoms with Crippen molar-refractivity contribution < 1.29 is 23.5 Å². The molecular formula is C30H40FN7O5. The summed E-state index contributed by atoms with van der Waals surface area (Å²) in [4.78, 5) is 63.8. The molecule has 0 spiro atoms. The Bertz CT molecular complexity index is 1540. The number of anilines is 1. The van der Waals surface area contributed by atoms with E-state index in [9.17, 15) is 23.6 Å². The van der Waals surface area contributed by atoms with Gasteiger partial charge in [-0.1, -0.05) is 33.3 Å². The second-order valence-corrected chi connectivity index (χ2v) is 10.8. The summed E-state index contributed by atoms with van der Waals surface area (Å²) in [5, 5.41) is 5.10. The number of rotatable bonds is 13. The normalized spacial score (nSPS) is 12.1. The first-order valence-corrected chi connectivity index (χ1v) is 14.2. The average Bonchev–Trinajstić information content (AvgIpc) is 3.39. The van der Waals surface area contributed by atoms with Gasteiger partial charge in [-0.15, -0.1) is 0 Å². The van der Waals surface area contributed by atoms with Crippen LogP contribution in [0.3, 0.4) is 0 Å². The Kier molecular flexibility index (Phi) is 11.6. The van der Waals surface area contributed by atoms with Gasteiger partial charge in [-0.2, -0.15) is 0 Å². The number of hydrogen-bond donors (Lipinski definition) is 3. The minimum Gasteiger partial charge on any atom is -0.453 e. The van der Waals surface area contributed by atoms with Gasteiger partial charge in [0.2, 0.25) is 11.8 Å². The summed E-state index contributed by atoms with van der Waals surface area (Å²) >= 11 is 0. The smallest absolute Gasteiger partial charge is 0.407 e. The molecule has 1 atom stereocenters. The molecule has 0 radical (unpaired) electrons. The van der Waals surface area contributed by atoms with E-state index in [4.69, 9.17) is 0 Å². The fourth-order valence-corrected chi connectivity index (χ4v) is 4.48. The minimum absolute atomic E-state index is 0.00398. The van der Waals surface area contributed by atoms with Gasteiger partial charge in [-0.25, -0.2) is 14.2 Å². The number of hydrogen-bond acceptors (Lipinski definition) is 7. The first-order valence-electron chi connectivity index (χ1n) is 14.2. The number of allylic oxidation sites excluding steroid dienone is 1. The lowest BCUT2D eigenvalue weighted by Gasteiger charge is -2.18. The molecule has 3 aromatic heterocycles. The number of pyridine rings is 2. The van der Waals surface area contributed by atoms with Gasteiger partial charge >= 0.3 is 6.09 Å². The maximum Gasteiger partial charge on any atom is 0.407 e. The fraction of sp³-hybridized carbons (Fsp3) is 0.467. The summed E-state index contributed by atoms with van der Waals surface area (Å²) in [6, 6.07) is 2.23. The zero-order valence-corrected chi connectivity index (χ0v) is 25.5. The van der Waals surface area contributed by atoms with E-state index >= 15 is 0 Å². The number of amides is 3. The van der Waals surface area contributed by atoms with Crippen LogP contribution >= 0.6 is 0 Å². The average molecular weight is 598 g/mol. The van der Waals surface area contributed by atoms with Gasteiger partial charge in [0.25, 0.3) is 5.56 Å².